The second kappa shape index (κ2) is 20.9. The number of allylic oxidation sites excluding steroid dienone is 4. The molecule has 11 atom stereocenters. The van der Waals surface area contributed by atoms with Gasteiger partial charge in [-0.3, -0.25) is 9.59 Å². The van der Waals surface area contributed by atoms with Crippen molar-refractivity contribution in [3.63, 3.8) is 0 Å². The Morgan fingerprint density at radius 3 is 2.33 bits per heavy atom. The Hall–Kier alpha value is -3.01. The summed E-state index contributed by atoms with van der Waals surface area (Å²) in [5.41, 5.74) is 0. The van der Waals surface area contributed by atoms with E-state index >= 15 is 0 Å². The molecule has 0 amide bonds. The first kappa shape index (κ1) is 40.0. The molecule has 1 aliphatic rings. The third-order valence-corrected chi connectivity index (χ3v) is 8.58. The topological polar surface area (TPSA) is 151 Å². The molecule has 1 rings (SSSR count). The van der Waals surface area contributed by atoms with Crippen LogP contribution < -0.4 is 0 Å². The van der Waals surface area contributed by atoms with Crippen LogP contribution in [0.3, 0.4) is 0 Å². The van der Waals surface area contributed by atoms with Crippen molar-refractivity contribution >= 4 is 17.9 Å². The number of esters is 2. The molecule has 9 nitrogen and oxygen atoms in total. The van der Waals surface area contributed by atoms with Crippen molar-refractivity contribution in [1.29, 1.82) is 0 Å². The molecule has 45 heavy (non-hydrogen) atoms. The maximum absolute atomic E-state index is 12.9. The Balaban J connectivity index is 3.42. The zero-order valence-corrected chi connectivity index (χ0v) is 27.8. The molecule has 0 fully saturated rings. The van der Waals surface area contributed by atoms with E-state index < -0.39 is 54.3 Å². The number of carbonyl (C=O) groups is 3. The Morgan fingerprint density at radius 2 is 1.69 bits per heavy atom. The third-order valence-electron chi connectivity index (χ3n) is 8.58. The molecule has 0 bridgehead atoms. The number of carboxylic acid groups (broad SMARTS) is 1. The quantitative estimate of drug-likeness (QED) is 0.161. The molecule has 0 aromatic carbocycles. The third kappa shape index (κ3) is 15.7. The molecule has 0 aliphatic carbocycles. The SMILES string of the molecule is C=C/C=C\[C@H](C)[C@@H]1OC(=O)/C=C\C=C\[C@@H](C)[C@@H](O)C[C@H](O)/C=C\[C@H](C)[C@H](O)[C@@H](C)C[C@@H](C)CC[C@@H](OC(=O)CCC(=O)O)[C@@H]1C. The number of aliphatic hydroxyl groups is 3. The number of hydrogen-bond acceptors (Lipinski definition) is 8. The van der Waals surface area contributed by atoms with E-state index in [1.807, 2.05) is 33.8 Å². The second-order valence-corrected chi connectivity index (χ2v) is 12.8. The fraction of sp³-hybridized carbons (Fsp3) is 0.639. The summed E-state index contributed by atoms with van der Waals surface area (Å²) in [7, 11) is 0. The number of carboxylic acids is 1. The van der Waals surface area contributed by atoms with Crippen LogP contribution in [-0.2, 0) is 23.9 Å². The molecule has 0 saturated heterocycles. The van der Waals surface area contributed by atoms with Crippen molar-refractivity contribution in [3.8, 4) is 0 Å². The van der Waals surface area contributed by atoms with Crippen molar-refractivity contribution in [3.05, 3.63) is 61.3 Å². The van der Waals surface area contributed by atoms with Crippen molar-refractivity contribution in [2.24, 2.45) is 35.5 Å². The predicted octanol–water partition coefficient (Wildman–Crippen LogP) is 5.56. The van der Waals surface area contributed by atoms with E-state index in [2.05, 4.69) is 13.5 Å². The summed E-state index contributed by atoms with van der Waals surface area (Å²) in [6.07, 6.45) is 12.4. The lowest BCUT2D eigenvalue weighted by Gasteiger charge is -2.34. The lowest BCUT2D eigenvalue weighted by molar-refractivity contribution is -0.162. The fourth-order valence-corrected chi connectivity index (χ4v) is 5.63. The summed E-state index contributed by atoms with van der Waals surface area (Å²) in [5.74, 6) is -3.45. The molecule has 0 aromatic rings. The van der Waals surface area contributed by atoms with Gasteiger partial charge >= 0.3 is 17.9 Å². The maximum atomic E-state index is 12.9. The lowest BCUT2D eigenvalue weighted by Crippen LogP contribution is -2.39. The second-order valence-electron chi connectivity index (χ2n) is 12.8. The first-order valence-corrected chi connectivity index (χ1v) is 16.1. The molecule has 0 spiro atoms. The molecule has 0 aromatic heterocycles. The summed E-state index contributed by atoms with van der Waals surface area (Å²) in [6, 6.07) is 0. The van der Waals surface area contributed by atoms with E-state index in [-0.39, 0.29) is 48.9 Å². The Bertz CT molecular complexity index is 1050. The summed E-state index contributed by atoms with van der Waals surface area (Å²) in [6.45, 7) is 15.2. The number of cyclic esters (lactones) is 1. The number of hydrogen-bond donors (Lipinski definition) is 4. The summed E-state index contributed by atoms with van der Waals surface area (Å²) in [5, 5.41) is 41.1. The van der Waals surface area contributed by atoms with Gasteiger partial charge in [-0.15, -0.1) is 0 Å². The summed E-state index contributed by atoms with van der Waals surface area (Å²) in [4.78, 5) is 36.7. The molecular weight excluding hydrogens is 576 g/mol. The summed E-state index contributed by atoms with van der Waals surface area (Å²) >= 11 is 0. The molecule has 0 saturated carbocycles. The van der Waals surface area contributed by atoms with Gasteiger partial charge in [-0.2, -0.15) is 0 Å². The normalized spacial score (nSPS) is 36.0. The Labute approximate surface area is 269 Å². The van der Waals surface area contributed by atoms with Crippen LogP contribution in [0.15, 0.2) is 61.3 Å². The van der Waals surface area contributed by atoms with Crippen LogP contribution in [0.4, 0.5) is 0 Å². The van der Waals surface area contributed by atoms with Gasteiger partial charge in [-0.25, -0.2) is 4.79 Å². The highest BCUT2D eigenvalue weighted by molar-refractivity contribution is 5.82. The highest BCUT2D eigenvalue weighted by Crippen LogP contribution is 2.30. The maximum Gasteiger partial charge on any atom is 0.331 e. The van der Waals surface area contributed by atoms with Gasteiger partial charge in [0.25, 0.3) is 0 Å². The number of ether oxygens (including phenoxy) is 2. The average Bonchev–Trinajstić information content (AvgIpc) is 2.98. The van der Waals surface area contributed by atoms with Gasteiger partial charge in [0.1, 0.15) is 12.2 Å². The molecule has 254 valence electrons. The highest BCUT2D eigenvalue weighted by atomic mass is 16.6. The van der Waals surface area contributed by atoms with Crippen LogP contribution in [0.2, 0.25) is 0 Å². The van der Waals surface area contributed by atoms with E-state index in [9.17, 15) is 29.7 Å². The largest absolute Gasteiger partial charge is 0.481 e. The number of carbonyl (C=O) groups excluding carboxylic acids is 2. The zero-order chi connectivity index (χ0) is 34.1. The predicted molar refractivity (Wildman–Crippen MR) is 175 cm³/mol. The Kier molecular flexibility index (Phi) is 18.6. The van der Waals surface area contributed by atoms with E-state index in [1.54, 1.807) is 43.4 Å². The van der Waals surface area contributed by atoms with Crippen molar-refractivity contribution in [2.45, 2.75) is 111 Å². The number of aliphatic carboxylic acids is 1. The van der Waals surface area contributed by atoms with E-state index in [0.717, 1.165) is 0 Å². The van der Waals surface area contributed by atoms with Crippen molar-refractivity contribution in [2.75, 3.05) is 0 Å². The molecule has 1 aliphatic heterocycles. The van der Waals surface area contributed by atoms with E-state index in [0.29, 0.717) is 19.3 Å². The van der Waals surface area contributed by atoms with Gasteiger partial charge in [0, 0.05) is 36.2 Å². The molecule has 1 heterocycles. The lowest BCUT2D eigenvalue weighted by atomic mass is 9.82. The van der Waals surface area contributed by atoms with Gasteiger partial charge in [0.2, 0.25) is 0 Å². The van der Waals surface area contributed by atoms with Crippen molar-refractivity contribution < 1.29 is 44.3 Å². The molecule has 4 N–H and O–H groups in total. The van der Waals surface area contributed by atoms with Gasteiger partial charge in [0.05, 0.1) is 31.2 Å². The van der Waals surface area contributed by atoms with Gasteiger partial charge in [-0.1, -0.05) is 96.7 Å². The standard InChI is InChI=1S/C36H56O9/c1-8-9-12-26(5)36-28(7)31(44-34(42)20-19-32(39)40)18-15-23(2)21-27(6)35(43)25(4)16-17-29(37)22-30(38)24(3)13-10-11-14-33(41)45-36/h8-14,16-17,23-31,35-38,43H,1,15,18-22H2,2-7H3,(H,39,40)/b12-9-,13-10+,14-11-,17-16-/t23-,24+,25-,26-,27-,28-,29+,30-,31+,35-,36-/m0/s1. The first-order chi connectivity index (χ1) is 21.2. The van der Waals surface area contributed by atoms with Gasteiger partial charge in [-0.05, 0) is 31.1 Å². The Morgan fingerprint density at radius 1 is 1.00 bits per heavy atom. The van der Waals surface area contributed by atoms with Gasteiger partial charge in [0.15, 0.2) is 0 Å². The number of rotatable bonds is 7. The monoisotopic (exact) mass is 632 g/mol. The minimum Gasteiger partial charge on any atom is -0.481 e. The van der Waals surface area contributed by atoms with E-state index in [4.69, 9.17) is 14.6 Å². The highest BCUT2D eigenvalue weighted by Gasteiger charge is 2.34. The van der Waals surface area contributed by atoms with Crippen LogP contribution in [-0.4, -0.2) is 68.9 Å². The van der Waals surface area contributed by atoms with Crippen LogP contribution >= 0.6 is 0 Å². The van der Waals surface area contributed by atoms with Crippen LogP contribution in [0, 0.1) is 35.5 Å². The first-order valence-electron chi connectivity index (χ1n) is 16.1. The molecule has 0 unspecified atom stereocenters. The molecule has 0 radical (unpaired) electrons. The minimum atomic E-state index is -1.10. The van der Waals surface area contributed by atoms with Crippen LogP contribution in [0.1, 0.15) is 80.1 Å². The minimum absolute atomic E-state index is 0.0658. The van der Waals surface area contributed by atoms with Crippen molar-refractivity contribution in [1.82, 2.24) is 0 Å². The average molecular weight is 633 g/mol. The zero-order valence-electron chi connectivity index (χ0n) is 27.8. The number of aliphatic hydroxyl groups excluding tert-OH is 3. The molecule has 9 heteroatoms. The van der Waals surface area contributed by atoms with Crippen LogP contribution in [0.5, 0.6) is 0 Å². The summed E-state index contributed by atoms with van der Waals surface area (Å²) < 4.78 is 11.8. The molecular formula is C36H56O9. The van der Waals surface area contributed by atoms with E-state index in [1.165, 1.54) is 12.2 Å². The van der Waals surface area contributed by atoms with Gasteiger partial charge < -0.3 is 29.9 Å². The smallest absolute Gasteiger partial charge is 0.331 e. The van der Waals surface area contributed by atoms with Crippen LogP contribution in [0.25, 0.3) is 0 Å². The fourth-order valence-electron chi connectivity index (χ4n) is 5.63.